The van der Waals surface area contributed by atoms with E-state index >= 15 is 0 Å². The minimum atomic E-state index is -3.22. The Morgan fingerprint density at radius 2 is 2.00 bits per heavy atom. The van der Waals surface area contributed by atoms with E-state index < -0.39 is 10.0 Å². The number of para-hydroxylation sites is 1. The van der Waals surface area contributed by atoms with Crippen LogP contribution in [0.15, 0.2) is 24.3 Å². The molecule has 6 heteroatoms. The second kappa shape index (κ2) is 7.22. The van der Waals surface area contributed by atoms with Crippen LogP contribution >= 0.6 is 0 Å². The van der Waals surface area contributed by atoms with Crippen molar-refractivity contribution in [3.63, 3.8) is 0 Å². The van der Waals surface area contributed by atoms with Gasteiger partial charge in [-0.25, -0.2) is 17.5 Å². The van der Waals surface area contributed by atoms with Crippen molar-refractivity contribution < 1.29 is 17.5 Å². The van der Waals surface area contributed by atoms with Crippen LogP contribution in [0.1, 0.15) is 32.6 Å². The predicted octanol–water partition coefficient (Wildman–Crippen LogP) is 2.70. The van der Waals surface area contributed by atoms with Gasteiger partial charge in [0.15, 0.2) is 11.6 Å². The summed E-state index contributed by atoms with van der Waals surface area (Å²) in [5.74, 6) is -0.0106. The van der Waals surface area contributed by atoms with Crippen molar-refractivity contribution in [1.82, 2.24) is 4.72 Å². The first-order chi connectivity index (χ1) is 10.0. The molecule has 0 bridgehead atoms. The summed E-state index contributed by atoms with van der Waals surface area (Å²) in [6, 6.07) is 6.16. The van der Waals surface area contributed by atoms with Gasteiger partial charge in [0, 0.05) is 12.0 Å². The Bertz CT molecular complexity index is 562. The van der Waals surface area contributed by atoms with E-state index in [2.05, 4.69) is 4.72 Å². The van der Waals surface area contributed by atoms with Gasteiger partial charge in [-0.2, -0.15) is 0 Å². The van der Waals surface area contributed by atoms with Crippen LogP contribution in [0, 0.1) is 11.7 Å². The lowest BCUT2D eigenvalue weighted by Gasteiger charge is -2.31. The molecule has 2 rings (SSSR count). The molecule has 0 unspecified atom stereocenters. The van der Waals surface area contributed by atoms with Gasteiger partial charge in [-0.3, -0.25) is 0 Å². The second-order valence-corrected chi connectivity index (χ2v) is 7.46. The lowest BCUT2D eigenvalue weighted by Crippen LogP contribution is -2.44. The molecule has 21 heavy (non-hydrogen) atoms. The minimum Gasteiger partial charge on any atom is -0.490 e. The Balaban J connectivity index is 1.98. The van der Waals surface area contributed by atoms with Crippen molar-refractivity contribution >= 4 is 10.0 Å². The number of halogens is 1. The molecule has 0 aromatic heterocycles. The zero-order valence-corrected chi connectivity index (χ0v) is 13.0. The van der Waals surface area contributed by atoms with Gasteiger partial charge in [0.2, 0.25) is 10.0 Å². The van der Waals surface area contributed by atoms with Crippen molar-refractivity contribution in [2.24, 2.45) is 5.92 Å². The molecular weight excluding hydrogens is 293 g/mol. The maximum absolute atomic E-state index is 13.5. The van der Waals surface area contributed by atoms with E-state index in [0.717, 1.165) is 25.7 Å². The lowest BCUT2D eigenvalue weighted by atomic mass is 9.86. The average Bonchev–Trinajstić information content (AvgIpc) is 2.47. The number of benzene rings is 1. The molecule has 0 spiro atoms. The third-order valence-electron chi connectivity index (χ3n) is 3.91. The van der Waals surface area contributed by atoms with Crippen LogP contribution in [0.5, 0.6) is 5.75 Å². The highest BCUT2D eigenvalue weighted by molar-refractivity contribution is 7.89. The first kappa shape index (κ1) is 16.2. The molecule has 2 atom stereocenters. The highest BCUT2D eigenvalue weighted by atomic mass is 32.2. The molecule has 1 aliphatic rings. The van der Waals surface area contributed by atoms with E-state index in [9.17, 15) is 12.8 Å². The third kappa shape index (κ3) is 4.68. The smallest absolute Gasteiger partial charge is 0.211 e. The summed E-state index contributed by atoms with van der Waals surface area (Å²) in [4.78, 5) is 0. The van der Waals surface area contributed by atoms with Crippen molar-refractivity contribution in [2.75, 3.05) is 12.4 Å². The highest BCUT2D eigenvalue weighted by Gasteiger charge is 2.28. The van der Waals surface area contributed by atoms with Crippen LogP contribution in [0.25, 0.3) is 0 Å². The van der Waals surface area contributed by atoms with Crippen LogP contribution < -0.4 is 9.46 Å². The van der Waals surface area contributed by atoms with Crippen LogP contribution in [0.4, 0.5) is 4.39 Å². The first-order valence-corrected chi connectivity index (χ1v) is 9.04. The largest absolute Gasteiger partial charge is 0.490 e. The number of ether oxygens (including phenoxy) is 1. The van der Waals surface area contributed by atoms with Gasteiger partial charge in [-0.1, -0.05) is 25.0 Å². The summed E-state index contributed by atoms with van der Waals surface area (Å²) in [6.45, 7) is 1.95. The number of hydrogen-bond acceptors (Lipinski definition) is 3. The highest BCUT2D eigenvalue weighted by Crippen LogP contribution is 2.26. The molecule has 1 N–H and O–H groups in total. The monoisotopic (exact) mass is 315 g/mol. The fourth-order valence-electron chi connectivity index (χ4n) is 2.63. The maximum atomic E-state index is 13.5. The van der Waals surface area contributed by atoms with E-state index in [4.69, 9.17) is 4.74 Å². The predicted molar refractivity (Wildman–Crippen MR) is 80.2 cm³/mol. The fourth-order valence-corrected chi connectivity index (χ4v) is 3.57. The topological polar surface area (TPSA) is 55.4 Å². The molecule has 0 amide bonds. The minimum absolute atomic E-state index is 0.0738. The van der Waals surface area contributed by atoms with Gasteiger partial charge in [-0.05, 0) is 31.9 Å². The molecule has 4 nitrogen and oxygen atoms in total. The maximum Gasteiger partial charge on any atom is 0.211 e. The van der Waals surface area contributed by atoms with Gasteiger partial charge >= 0.3 is 0 Å². The summed E-state index contributed by atoms with van der Waals surface area (Å²) in [7, 11) is -3.22. The Labute approximate surface area is 125 Å². The van der Waals surface area contributed by atoms with Gasteiger partial charge in [0.1, 0.15) is 0 Å². The summed E-state index contributed by atoms with van der Waals surface area (Å²) in [6.07, 6.45) is 3.76. The molecule has 1 aromatic rings. The van der Waals surface area contributed by atoms with Gasteiger partial charge < -0.3 is 4.74 Å². The number of hydrogen-bond donors (Lipinski definition) is 1. The second-order valence-electron chi connectivity index (χ2n) is 5.41. The average molecular weight is 315 g/mol. The van der Waals surface area contributed by atoms with Gasteiger partial charge in [0.25, 0.3) is 0 Å². The summed E-state index contributed by atoms with van der Waals surface area (Å²) in [5.41, 5.74) is 0. The quantitative estimate of drug-likeness (QED) is 0.878. The molecular formula is C15H22FNO3S. The third-order valence-corrected chi connectivity index (χ3v) is 5.33. The van der Waals surface area contributed by atoms with Crippen LogP contribution in [0.2, 0.25) is 0 Å². The molecule has 1 saturated carbocycles. The molecule has 1 aromatic carbocycles. The SMILES string of the molecule is CCS(=O)(=O)N[C@H]1CCCC[C@@H]1COc1ccccc1F. The van der Waals surface area contributed by atoms with Crippen LogP contribution in [-0.4, -0.2) is 26.8 Å². The zero-order chi connectivity index (χ0) is 15.3. The first-order valence-electron chi connectivity index (χ1n) is 7.39. The lowest BCUT2D eigenvalue weighted by molar-refractivity contribution is 0.175. The number of rotatable bonds is 6. The van der Waals surface area contributed by atoms with E-state index in [1.165, 1.54) is 6.07 Å². The summed E-state index contributed by atoms with van der Waals surface area (Å²) < 4.78 is 45.3. The Morgan fingerprint density at radius 1 is 1.29 bits per heavy atom. The van der Waals surface area contributed by atoms with Gasteiger partial charge in [-0.15, -0.1) is 0 Å². The van der Waals surface area contributed by atoms with E-state index in [-0.39, 0.29) is 29.3 Å². The van der Waals surface area contributed by atoms with E-state index in [0.29, 0.717) is 6.61 Å². The van der Waals surface area contributed by atoms with E-state index in [1.807, 2.05) is 0 Å². The molecule has 0 radical (unpaired) electrons. The van der Waals surface area contributed by atoms with Crippen LogP contribution in [0.3, 0.4) is 0 Å². The number of sulfonamides is 1. The van der Waals surface area contributed by atoms with E-state index in [1.54, 1.807) is 25.1 Å². The van der Waals surface area contributed by atoms with Crippen molar-refractivity contribution in [3.8, 4) is 5.75 Å². The Morgan fingerprint density at radius 3 is 2.71 bits per heavy atom. The molecule has 0 aliphatic heterocycles. The van der Waals surface area contributed by atoms with Crippen molar-refractivity contribution in [2.45, 2.75) is 38.6 Å². The van der Waals surface area contributed by atoms with Crippen molar-refractivity contribution in [3.05, 3.63) is 30.1 Å². The zero-order valence-electron chi connectivity index (χ0n) is 12.2. The number of nitrogens with one attached hydrogen (secondary N) is 1. The van der Waals surface area contributed by atoms with Gasteiger partial charge in [0.05, 0.1) is 12.4 Å². The summed E-state index contributed by atoms with van der Waals surface area (Å²) in [5, 5.41) is 0. The Hall–Kier alpha value is -1.14. The Kier molecular flexibility index (Phi) is 5.58. The molecule has 0 saturated heterocycles. The fraction of sp³-hybridized carbons (Fsp3) is 0.600. The molecule has 1 fully saturated rings. The van der Waals surface area contributed by atoms with Crippen molar-refractivity contribution in [1.29, 1.82) is 0 Å². The standard InChI is InChI=1S/C15H22FNO3S/c1-2-21(18,19)17-14-9-5-3-7-12(14)11-20-15-10-6-4-8-13(15)16/h4,6,8,10,12,14,17H,2-3,5,7,9,11H2,1H3/t12-,14+/m1/s1. The molecule has 0 heterocycles. The summed E-state index contributed by atoms with van der Waals surface area (Å²) >= 11 is 0. The molecule has 1 aliphatic carbocycles. The molecule has 118 valence electrons. The van der Waals surface area contributed by atoms with Crippen LogP contribution in [-0.2, 0) is 10.0 Å². The normalized spacial score (nSPS) is 23.0.